The maximum Gasteiger partial charge on any atom is 0.191 e. The van der Waals surface area contributed by atoms with Crippen molar-refractivity contribution in [2.75, 3.05) is 13.6 Å². The van der Waals surface area contributed by atoms with E-state index in [1.165, 1.54) is 6.07 Å². The Kier molecular flexibility index (Phi) is 9.53. The van der Waals surface area contributed by atoms with Crippen molar-refractivity contribution < 1.29 is 8.78 Å². The summed E-state index contributed by atoms with van der Waals surface area (Å²) >= 11 is 0. The molecule has 0 aliphatic heterocycles. The highest BCUT2D eigenvalue weighted by Crippen LogP contribution is 2.09. The molecule has 0 saturated heterocycles. The van der Waals surface area contributed by atoms with Crippen LogP contribution in [-0.2, 0) is 19.5 Å². The van der Waals surface area contributed by atoms with Gasteiger partial charge in [-0.2, -0.15) is 0 Å². The molecule has 8 heteroatoms. The number of aromatic nitrogens is 2. The van der Waals surface area contributed by atoms with Crippen LogP contribution in [0, 0.1) is 17.6 Å². The zero-order valence-electron chi connectivity index (χ0n) is 15.3. The van der Waals surface area contributed by atoms with Crippen LogP contribution in [0.5, 0.6) is 0 Å². The zero-order valence-corrected chi connectivity index (χ0v) is 17.6. The fourth-order valence-corrected chi connectivity index (χ4v) is 2.50. The lowest BCUT2D eigenvalue weighted by molar-refractivity contribution is 0.503. The summed E-state index contributed by atoms with van der Waals surface area (Å²) in [4.78, 5) is 8.49. The molecule has 0 radical (unpaired) electrons. The first-order valence-corrected chi connectivity index (χ1v) is 8.38. The van der Waals surface area contributed by atoms with Crippen LogP contribution in [0.2, 0.25) is 0 Å². The third-order valence-corrected chi connectivity index (χ3v) is 3.70. The van der Waals surface area contributed by atoms with Gasteiger partial charge in [-0.3, -0.25) is 4.99 Å². The lowest BCUT2D eigenvalue weighted by Gasteiger charge is -2.14. The second-order valence-corrected chi connectivity index (χ2v) is 6.23. The number of hydrogen-bond acceptors (Lipinski definition) is 2. The van der Waals surface area contributed by atoms with Crippen LogP contribution in [0.4, 0.5) is 8.78 Å². The molecule has 144 valence electrons. The zero-order chi connectivity index (χ0) is 18.2. The molecule has 2 N–H and O–H groups in total. The van der Waals surface area contributed by atoms with Gasteiger partial charge in [0.15, 0.2) is 5.96 Å². The molecular weight excluding hydrogens is 451 g/mol. The molecule has 0 aliphatic carbocycles. The monoisotopic (exact) mass is 477 g/mol. The minimum absolute atomic E-state index is 0. The first-order valence-electron chi connectivity index (χ1n) is 8.38. The molecule has 1 aromatic heterocycles. The van der Waals surface area contributed by atoms with Crippen LogP contribution in [-0.4, -0.2) is 29.1 Å². The summed E-state index contributed by atoms with van der Waals surface area (Å²) in [6, 6.07) is 3.48. The van der Waals surface area contributed by atoms with E-state index in [9.17, 15) is 8.78 Å². The molecule has 2 rings (SSSR count). The lowest BCUT2D eigenvalue weighted by Crippen LogP contribution is -2.38. The number of aliphatic imine (C=N–C) groups is 1. The Hall–Kier alpha value is -1.71. The molecule has 0 saturated carbocycles. The van der Waals surface area contributed by atoms with Crippen LogP contribution in [0.25, 0.3) is 0 Å². The molecule has 2 aromatic rings. The van der Waals surface area contributed by atoms with Crippen molar-refractivity contribution in [2.24, 2.45) is 10.9 Å². The number of rotatable bonds is 7. The molecule has 0 unspecified atom stereocenters. The Morgan fingerprint density at radius 2 is 2.04 bits per heavy atom. The van der Waals surface area contributed by atoms with Crippen LogP contribution >= 0.6 is 24.0 Å². The molecule has 0 spiro atoms. The molecule has 0 bridgehead atoms. The number of benzene rings is 1. The highest BCUT2D eigenvalue weighted by molar-refractivity contribution is 14.0. The van der Waals surface area contributed by atoms with Crippen molar-refractivity contribution in [3.05, 3.63) is 53.6 Å². The highest BCUT2D eigenvalue weighted by atomic mass is 127. The van der Waals surface area contributed by atoms with Crippen molar-refractivity contribution in [1.82, 2.24) is 20.2 Å². The second kappa shape index (κ2) is 11.1. The number of imidazole rings is 1. The predicted molar refractivity (Wildman–Crippen MR) is 111 cm³/mol. The fourth-order valence-electron chi connectivity index (χ4n) is 2.50. The van der Waals surface area contributed by atoms with Gasteiger partial charge in [0.1, 0.15) is 17.5 Å². The minimum Gasteiger partial charge on any atom is -0.356 e. The fraction of sp³-hybridized carbons (Fsp3) is 0.444. The van der Waals surface area contributed by atoms with Gasteiger partial charge in [-0.1, -0.05) is 13.8 Å². The van der Waals surface area contributed by atoms with Gasteiger partial charge in [0.25, 0.3) is 0 Å². The topological polar surface area (TPSA) is 54.2 Å². The number of halogens is 3. The van der Waals surface area contributed by atoms with E-state index < -0.39 is 11.6 Å². The molecule has 1 heterocycles. The first-order chi connectivity index (χ1) is 12.0. The van der Waals surface area contributed by atoms with Gasteiger partial charge in [-0.05, 0) is 36.1 Å². The minimum atomic E-state index is -0.434. The lowest BCUT2D eigenvalue weighted by atomic mass is 10.1. The summed E-state index contributed by atoms with van der Waals surface area (Å²) < 4.78 is 28.9. The van der Waals surface area contributed by atoms with Gasteiger partial charge >= 0.3 is 0 Å². The maximum atomic E-state index is 13.6. The average Bonchev–Trinajstić information content (AvgIpc) is 3.00. The summed E-state index contributed by atoms with van der Waals surface area (Å²) in [6.07, 6.45) is 4.11. The Bertz CT molecular complexity index is 715. The normalized spacial score (nSPS) is 11.4. The number of hydrogen-bond donors (Lipinski definition) is 2. The summed E-state index contributed by atoms with van der Waals surface area (Å²) in [7, 11) is 1.67. The van der Waals surface area contributed by atoms with E-state index >= 15 is 0 Å². The second-order valence-electron chi connectivity index (χ2n) is 6.23. The number of guanidine groups is 1. The summed E-state index contributed by atoms with van der Waals surface area (Å²) in [5, 5.41) is 6.29. The summed E-state index contributed by atoms with van der Waals surface area (Å²) in [5.74, 6) is 1.22. The third-order valence-electron chi connectivity index (χ3n) is 3.70. The number of nitrogens with one attached hydrogen (secondary N) is 2. The van der Waals surface area contributed by atoms with Crippen molar-refractivity contribution >= 4 is 29.9 Å². The molecule has 0 aliphatic rings. The predicted octanol–water partition coefficient (Wildman–Crippen LogP) is 3.34. The van der Waals surface area contributed by atoms with E-state index in [2.05, 4.69) is 39.0 Å². The smallest absolute Gasteiger partial charge is 0.191 e. The maximum absolute atomic E-state index is 13.6. The van der Waals surface area contributed by atoms with E-state index in [1.54, 1.807) is 13.2 Å². The number of nitrogens with zero attached hydrogens (tertiary/aromatic N) is 3. The Labute approximate surface area is 170 Å². The largest absolute Gasteiger partial charge is 0.356 e. The van der Waals surface area contributed by atoms with Gasteiger partial charge in [0.2, 0.25) is 0 Å². The Balaban J connectivity index is 0.00000338. The van der Waals surface area contributed by atoms with Crippen molar-refractivity contribution in [3.63, 3.8) is 0 Å². The molecule has 0 atom stereocenters. The van der Waals surface area contributed by atoms with Gasteiger partial charge < -0.3 is 15.2 Å². The van der Waals surface area contributed by atoms with Crippen LogP contribution in [0.3, 0.4) is 0 Å². The van der Waals surface area contributed by atoms with Crippen LogP contribution < -0.4 is 10.6 Å². The average molecular weight is 477 g/mol. The summed E-state index contributed by atoms with van der Waals surface area (Å²) in [5.41, 5.74) is 0.343. The van der Waals surface area contributed by atoms with Crippen LogP contribution in [0.15, 0.2) is 35.6 Å². The van der Waals surface area contributed by atoms with Gasteiger partial charge in [-0.25, -0.2) is 13.8 Å². The Morgan fingerprint density at radius 1 is 1.27 bits per heavy atom. The van der Waals surface area contributed by atoms with E-state index in [0.29, 0.717) is 37.0 Å². The van der Waals surface area contributed by atoms with E-state index in [0.717, 1.165) is 24.5 Å². The molecule has 1 aromatic carbocycles. The standard InChI is InChI=1S/C18H25F2N5.HI/c1-13(2)12-25-9-8-22-17(25)11-24-18(21-3)23-7-6-14-10-15(19)4-5-16(14)20;/h4-5,8-10,13H,6-7,11-12H2,1-3H3,(H2,21,23,24);1H. The van der Waals surface area contributed by atoms with Crippen molar-refractivity contribution in [1.29, 1.82) is 0 Å². The van der Waals surface area contributed by atoms with E-state index in [4.69, 9.17) is 0 Å². The van der Waals surface area contributed by atoms with Gasteiger partial charge in [-0.15, -0.1) is 24.0 Å². The summed E-state index contributed by atoms with van der Waals surface area (Å²) in [6.45, 7) is 6.20. The molecule has 26 heavy (non-hydrogen) atoms. The van der Waals surface area contributed by atoms with Crippen LogP contribution in [0.1, 0.15) is 25.2 Å². The molecule has 0 fully saturated rings. The first kappa shape index (κ1) is 22.3. The SMILES string of the molecule is CN=C(NCCc1cc(F)ccc1F)NCc1nccn1CC(C)C.I. The van der Waals surface area contributed by atoms with E-state index in [1.807, 2.05) is 6.20 Å². The van der Waals surface area contributed by atoms with Gasteiger partial charge in [0, 0.05) is 32.5 Å². The third kappa shape index (κ3) is 6.89. The van der Waals surface area contributed by atoms with Gasteiger partial charge in [0.05, 0.1) is 6.54 Å². The Morgan fingerprint density at radius 3 is 2.73 bits per heavy atom. The molecular formula is C18H26F2IN5. The molecule has 5 nitrogen and oxygen atoms in total. The quantitative estimate of drug-likeness (QED) is 0.366. The van der Waals surface area contributed by atoms with E-state index in [-0.39, 0.29) is 24.0 Å². The van der Waals surface area contributed by atoms with Crippen molar-refractivity contribution in [3.8, 4) is 0 Å². The van der Waals surface area contributed by atoms with Crippen molar-refractivity contribution in [2.45, 2.75) is 33.4 Å². The molecule has 0 amide bonds. The highest BCUT2D eigenvalue weighted by Gasteiger charge is 2.07.